The number of amides is 2. The van der Waals surface area contributed by atoms with Crippen molar-refractivity contribution in [2.45, 2.75) is 6.92 Å². The second kappa shape index (κ2) is 8.42. The molecule has 6 nitrogen and oxygen atoms in total. The number of urea groups is 1. The van der Waals surface area contributed by atoms with Crippen LogP contribution in [0.1, 0.15) is 6.92 Å². The average Bonchev–Trinajstić information content (AvgIpc) is 2.48. The van der Waals surface area contributed by atoms with Crippen molar-refractivity contribution in [2.24, 2.45) is 0 Å². The van der Waals surface area contributed by atoms with Crippen LogP contribution in [-0.2, 0) is 4.74 Å². The van der Waals surface area contributed by atoms with E-state index in [0.717, 1.165) is 0 Å². The van der Waals surface area contributed by atoms with Crippen molar-refractivity contribution in [3.8, 4) is 5.75 Å². The highest BCUT2D eigenvalue weighted by atomic mass is 35.5. The number of benzene rings is 2. The topological polar surface area (TPSA) is 76.7 Å². The number of halogens is 2. The average molecular weight is 369 g/mol. The molecule has 8 heteroatoms. The summed E-state index contributed by atoms with van der Waals surface area (Å²) in [7, 11) is 0. The molecular weight excluding hydrogens is 355 g/mol. The highest BCUT2D eigenvalue weighted by Gasteiger charge is 2.07. The van der Waals surface area contributed by atoms with E-state index in [-0.39, 0.29) is 6.61 Å². The third kappa shape index (κ3) is 5.64. The van der Waals surface area contributed by atoms with Gasteiger partial charge in [-0.1, -0.05) is 23.2 Å². The summed E-state index contributed by atoms with van der Waals surface area (Å²) in [5, 5.41) is 6.07. The van der Waals surface area contributed by atoms with Crippen LogP contribution in [0.3, 0.4) is 0 Å². The number of nitrogens with one attached hydrogen (secondary N) is 2. The molecule has 0 aliphatic heterocycles. The predicted octanol–water partition coefficient (Wildman–Crippen LogP) is 5.17. The van der Waals surface area contributed by atoms with Crippen molar-refractivity contribution in [3.63, 3.8) is 0 Å². The lowest BCUT2D eigenvalue weighted by atomic mass is 10.3. The van der Waals surface area contributed by atoms with E-state index in [2.05, 4.69) is 15.4 Å². The van der Waals surface area contributed by atoms with E-state index >= 15 is 0 Å². The second-order valence-electron chi connectivity index (χ2n) is 4.55. The van der Waals surface area contributed by atoms with Crippen LogP contribution in [-0.4, -0.2) is 18.8 Å². The first-order valence-electron chi connectivity index (χ1n) is 6.95. The first kappa shape index (κ1) is 17.9. The minimum Gasteiger partial charge on any atom is -0.434 e. The van der Waals surface area contributed by atoms with Gasteiger partial charge in [-0.15, -0.1) is 0 Å². The van der Waals surface area contributed by atoms with Gasteiger partial charge in [0.25, 0.3) is 0 Å². The Labute approximate surface area is 148 Å². The van der Waals surface area contributed by atoms with Gasteiger partial charge in [0.15, 0.2) is 0 Å². The maximum atomic E-state index is 11.9. The summed E-state index contributed by atoms with van der Waals surface area (Å²) in [6.07, 6.45) is -0.784. The quantitative estimate of drug-likeness (QED) is 0.576. The lowest BCUT2D eigenvalue weighted by molar-refractivity contribution is 0.104. The fourth-order valence-corrected chi connectivity index (χ4v) is 2.30. The SMILES string of the molecule is CCOC(=O)Oc1ccc(NC(=O)Nc2cc(Cl)cc(Cl)c2)cc1. The molecule has 24 heavy (non-hydrogen) atoms. The van der Waals surface area contributed by atoms with E-state index in [1.54, 1.807) is 37.3 Å². The molecule has 0 atom stereocenters. The molecule has 0 saturated carbocycles. The molecule has 0 heterocycles. The Kier molecular flexibility index (Phi) is 6.28. The first-order chi connectivity index (χ1) is 11.5. The summed E-state index contributed by atoms with van der Waals surface area (Å²) < 4.78 is 9.58. The number of anilines is 2. The minimum absolute atomic E-state index is 0.228. The van der Waals surface area contributed by atoms with Gasteiger partial charge in [0, 0.05) is 21.4 Å². The monoisotopic (exact) mass is 368 g/mol. The molecule has 2 rings (SSSR count). The Bertz CT molecular complexity index is 715. The Morgan fingerprint density at radius 1 is 0.958 bits per heavy atom. The summed E-state index contributed by atoms with van der Waals surface area (Å²) >= 11 is 11.7. The van der Waals surface area contributed by atoms with Crippen molar-refractivity contribution < 1.29 is 19.1 Å². The van der Waals surface area contributed by atoms with Crippen molar-refractivity contribution in [3.05, 3.63) is 52.5 Å². The van der Waals surface area contributed by atoms with Crippen LogP contribution < -0.4 is 15.4 Å². The van der Waals surface area contributed by atoms with Crippen LogP contribution in [0.15, 0.2) is 42.5 Å². The third-order valence-electron chi connectivity index (χ3n) is 2.70. The fourth-order valence-electron chi connectivity index (χ4n) is 1.77. The van der Waals surface area contributed by atoms with E-state index in [0.29, 0.717) is 27.2 Å². The van der Waals surface area contributed by atoms with Crippen molar-refractivity contribution in [2.75, 3.05) is 17.2 Å². The Morgan fingerprint density at radius 3 is 2.12 bits per heavy atom. The minimum atomic E-state index is -0.784. The highest BCUT2D eigenvalue weighted by Crippen LogP contribution is 2.23. The number of rotatable bonds is 4. The van der Waals surface area contributed by atoms with Gasteiger partial charge in [-0.2, -0.15) is 0 Å². The molecule has 2 aromatic rings. The Morgan fingerprint density at radius 2 is 1.54 bits per heavy atom. The second-order valence-corrected chi connectivity index (χ2v) is 5.42. The van der Waals surface area contributed by atoms with Crippen LogP contribution in [0.5, 0.6) is 5.75 Å². The largest absolute Gasteiger partial charge is 0.513 e. The van der Waals surface area contributed by atoms with E-state index < -0.39 is 12.2 Å². The zero-order chi connectivity index (χ0) is 17.5. The van der Waals surface area contributed by atoms with Gasteiger partial charge < -0.3 is 20.1 Å². The summed E-state index contributed by atoms with van der Waals surface area (Å²) in [5.41, 5.74) is 0.976. The molecule has 2 N–H and O–H groups in total. The molecule has 0 spiro atoms. The molecule has 0 aliphatic rings. The van der Waals surface area contributed by atoms with E-state index in [1.807, 2.05) is 0 Å². The first-order valence-corrected chi connectivity index (χ1v) is 7.70. The van der Waals surface area contributed by atoms with E-state index in [1.165, 1.54) is 12.1 Å². The van der Waals surface area contributed by atoms with Crippen LogP contribution in [0.4, 0.5) is 21.0 Å². The molecule has 0 bridgehead atoms. The van der Waals surface area contributed by atoms with Crippen LogP contribution in [0, 0.1) is 0 Å². The molecule has 0 radical (unpaired) electrons. The molecule has 0 aliphatic carbocycles. The van der Waals surface area contributed by atoms with Gasteiger partial charge in [0.2, 0.25) is 0 Å². The van der Waals surface area contributed by atoms with Gasteiger partial charge in [0.05, 0.1) is 6.61 Å². The standard InChI is InChI=1S/C16H14Cl2N2O4/c1-2-23-16(22)24-14-5-3-12(4-6-14)19-15(21)20-13-8-10(17)7-11(18)9-13/h3-9H,2H2,1H3,(H2,19,20,21). The number of hydrogen-bond acceptors (Lipinski definition) is 4. The smallest absolute Gasteiger partial charge is 0.434 e. The number of hydrogen-bond donors (Lipinski definition) is 2. The molecule has 0 unspecified atom stereocenters. The van der Waals surface area contributed by atoms with Crippen LogP contribution in [0.2, 0.25) is 10.0 Å². The van der Waals surface area contributed by atoms with Crippen molar-refractivity contribution in [1.82, 2.24) is 0 Å². The predicted molar refractivity (Wildman–Crippen MR) is 93.2 cm³/mol. The van der Waals surface area contributed by atoms with Crippen molar-refractivity contribution in [1.29, 1.82) is 0 Å². The molecule has 126 valence electrons. The number of carbonyl (C=O) groups is 2. The zero-order valence-corrected chi connectivity index (χ0v) is 14.1. The maximum absolute atomic E-state index is 11.9. The van der Waals surface area contributed by atoms with Gasteiger partial charge in [0.1, 0.15) is 5.75 Å². The molecule has 2 amide bonds. The molecule has 2 aromatic carbocycles. The number of ether oxygens (including phenoxy) is 2. The molecule has 0 aromatic heterocycles. The summed E-state index contributed by atoms with van der Waals surface area (Å²) in [6, 6.07) is 10.5. The van der Waals surface area contributed by atoms with Gasteiger partial charge >= 0.3 is 12.2 Å². The van der Waals surface area contributed by atoms with Crippen molar-refractivity contribution >= 4 is 46.8 Å². The zero-order valence-electron chi connectivity index (χ0n) is 12.6. The van der Waals surface area contributed by atoms with E-state index in [9.17, 15) is 9.59 Å². The third-order valence-corrected chi connectivity index (χ3v) is 3.13. The normalized spacial score (nSPS) is 9.96. The molecular formula is C16H14Cl2N2O4. The summed E-state index contributed by atoms with van der Waals surface area (Å²) in [6.45, 7) is 1.91. The van der Waals surface area contributed by atoms with Crippen LogP contribution >= 0.6 is 23.2 Å². The maximum Gasteiger partial charge on any atom is 0.513 e. The molecule has 0 fully saturated rings. The van der Waals surface area contributed by atoms with Crippen LogP contribution in [0.25, 0.3) is 0 Å². The lowest BCUT2D eigenvalue weighted by Crippen LogP contribution is -2.19. The van der Waals surface area contributed by atoms with Gasteiger partial charge in [-0.25, -0.2) is 9.59 Å². The Hall–Kier alpha value is -2.44. The Balaban J connectivity index is 1.93. The lowest BCUT2D eigenvalue weighted by Gasteiger charge is -2.09. The highest BCUT2D eigenvalue weighted by molar-refractivity contribution is 6.35. The summed E-state index contributed by atoms with van der Waals surface area (Å²) in [4.78, 5) is 23.1. The number of carbonyl (C=O) groups excluding carboxylic acids is 2. The van der Waals surface area contributed by atoms with Gasteiger partial charge in [-0.05, 0) is 49.4 Å². The van der Waals surface area contributed by atoms with Gasteiger partial charge in [-0.3, -0.25) is 0 Å². The van der Waals surface area contributed by atoms with E-state index in [4.69, 9.17) is 27.9 Å². The molecule has 0 saturated heterocycles. The fraction of sp³-hybridized carbons (Fsp3) is 0.125. The summed E-state index contributed by atoms with van der Waals surface area (Å²) in [5.74, 6) is 0.307.